The van der Waals surface area contributed by atoms with Crippen molar-refractivity contribution in [3.63, 3.8) is 0 Å². The van der Waals surface area contributed by atoms with Gasteiger partial charge in [-0.3, -0.25) is 9.88 Å². The van der Waals surface area contributed by atoms with E-state index in [4.69, 9.17) is 14.2 Å². The molecule has 6 nitrogen and oxygen atoms in total. The number of ether oxygens (including phenoxy) is 3. The Bertz CT molecular complexity index is 1200. The van der Waals surface area contributed by atoms with Crippen molar-refractivity contribution in [1.82, 2.24) is 9.88 Å². The average molecular weight is 475 g/mol. The van der Waals surface area contributed by atoms with Gasteiger partial charge in [0.15, 0.2) is 0 Å². The van der Waals surface area contributed by atoms with Gasteiger partial charge in [0.25, 0.3) is 0 Å². The van der Waals surface area contributed by atoms with Crippen LogP contribution >= 0.6 is 0 Å². The fourth-order valence-electron chi connectivity index (χ4n) is 5.92. The maximum Gasteiger partial charge on any atom is 0.342 e. The number of rotatable bonds is 8. The molecule has 3 fully saturated rings. The van der Waals surface area contributed by atoms with E-state index in [1.165, 1.54) is 12.8 Å². The van der Waals surface area contributed by atoms with E-state index >= 15 is 0 Å². The van der Waals surface area contributed by atoms with Gasteiger partial charge in [-0.05, 0) is 74.5 Å². The topological polar surface area (TPSA) is 60.9 Å². The van der Waals surface area contributed by atoms with Gasteiger partial charge < -0.3 is 14.2 Å². The molecule has 0 N–H and O–H groups in total. The van der Waals surface area contributed by atoms with E-state index in [1.807, 2.05) is 55.6 Å². The molecular weight excluding hydrogens is 440 g/mol. The number of para-hydroxylation sites is 1. The number of nitrogens with zero attached hydrogens (tertiary/aromatic N) is 2. The van der Waals surface area contributed by atoms with Crippen LogP contribution in [0.5, 0.6) is 11.5 Å². The summed E-state index contributed by atoms with van der Waals surface area (Å²) in [5.41, 5.74) is 2.29. The normalized spacial score (nSPS) is 24.2. The van der Waals surface area contributed by atoms with E-state index in [2.05, 4.69) is 16.8 Å². The molecule has 0 spiro atoms. The third-order valence-corrected chi connectivity index (χ3v) is 7.74. The number of esters is 1. The van der Waals surface area contributed by atoms with E-state index in [0.717, 1.165) is 41.7 Å². The van der Waals surface area contributed by atoms with E-state index in [9.17, 15) is 4.79 Å². The lowest BCUT2D eigenvalue weighted by Crippen LogP contribution is -2.55. The van der Waals surface area contributed by atoms with Gasteiger partial charge in [0.1, 0.15) is 23.2 Å². The lowest BCUT2D eigenvalue weighted by atomic mass is 9.72. The van der Waals surface area contributed by atoms with Crippen LogP contribution in [0, 0.1) is 11.8 Å². The Labute approximate surface area is 207 Å². The Morgan fingerprint density at radius 2 is 2.03 bits per heavy atom. The van der Waals surface area contributed by atoms with Crippen molar-refractivity contribution >= 4 is 16.9 Å². The van der Waals surface area contributed by atoms with Crippen molar-refractivity contribution in [1.29, 1.82) is 0 Å². The molecule has 1 unspecified atom stereocenters. The molecule has 3 aliphatic rings. The van der Waals surface area contributed by atoms with Crippen molar-refractivity contribution in [2.45, 2.75) is 45.3 Å². The van der Waals surface area contributed by atoms with Gasteiger partial charge in [-0.2, -0.15) is 0 Å². The summed E-state index contributed by atoms with van der Waals surface area (Å²) in [4.78, 5) is 20.7. The van der Waals surface area contributed by atoms with Gasteiger partial charge >= 0.3 is 5.97 Å². The molecule has 35 heavy (non-hydrogen) atoms. The molecule has 6 heteroatoms. The molecule has 3 saturated heterocycles. The van der Waals surface area contributed by atoms with Crippen LogP contribution in [0.1, 0.15) is 55.1 Å². The number of hydrogen-bond donors (Lipinski definition) is 0. The van der Waals surface area contributed by atoms with Gasteiger partial charge in [-0.15, -0.1) is 0 Å². The Kier molecular flexibility index (Phi) is 6.91. The summed E-state index contributed by atoms with van der Waals surface area (Å²) in [5, 5.41) is 0.956. The first-order chi connectivity index (χ1) is 17.1. The summed E-state index contributed by atoms with van der Waals surface area (Å²) in [6.07, 6.45) is 4.82. The largest absolute Gasteiger partial charge is 0.497 e. The summed E-state index contributed by atoms with van der Waals surface area (Å²) in [5.74, 6) is 2.33. The summed E-state index contributed by atoms with van der Waals surface area (Å²) in [7, 11) is 1.66. The van der Waals surface area contributed by atoms with Crippen LogP contribution in [0.2, 0.25) is 0 Å². The molecule has 2 aromatic carbocycles. The molecule has 1 aromatic heterocycles. The third kappa shape index (κ3) is 4.59. The van der Waals surface area contributed by atoms with Gasteiger partial charge in [0, 0.05) is 23.7 Å². The molecule has 4 heterocycles. The zero-order valence-electron chi connectivity index (χ0n) is 20.8. The summed E-state index contributed by atoms with van der Waals surface area (Å²) >= 11 is 0. The second-order valence-electron chi connectivity index (χ2n) is 9.55. The molecular formula is C29H34N2O4. The lowest BCUT2D eigenvalue weighted by Gasteiger charge is -2.51. The third-order valence-electron chi connectivity index (χ3n) is 7.74. The summed E-state index contributed by atoms with van der Waals surface area (Å²) < 4.78 is 17.7. The molecule has 3 aromatic rings. The zero-order valence-corrected chi connectivity index (χ0v) is 20.8. The second kappa shape index (κ2) is 10.2. The Morgan fingerprint density at radius 3 is 2.77 bits per heavy atom. The highest BCUT2D eigenvalue weighted by Crippen LogP contribution is 2.44. The van der Waals surface area contributed by atoms with E-state index < -0.39 is 6.10 Å². The highest BCUT2D eigenvalue weighted by atomic mass is 16.5. The Morgan fingerprint density at radius 1 is 1.17 bits per heavy atom. The van der Waals surface area contributed by atoms with Gasteiger partial charge in [0.2, 0.25) is 0 Å². The van der Waals surface area contributed by atoms with Gasteiger partial charge in [0.05, 0.1) is 25.3 Å². The Hall–Kier alpha value is -3.12. The number of piperidine rings is 3. The summed E-state index contributed by atoms with van der Waals surface area (Å²) in [6, 6.07) is 15.3. The number of fused-ring (bicyclic) bond motifs is 4. The van der Waals surface area contributed by atoms with Crippen LogP contribution < -0.4 is 9.47 Å². The number of carbonyl (C=O) groups excluding carboxylic acids is 1. The highest BCUT2D eigenvalue weighted by Gasteiger charge is 2.44. The fraction of sp³-hybridized carbons (Fsp3) is 0.448. The maximum absolute atomic E-state index is 13.6. The number of pyridine rings is 1. The monoisotopic (exact) mass is 474 g/mol. The highest BCUT2D eigenvalue weighted by molar-refractivity contribution is 5.93. The van der Waals surface area contributed by atoms with Crippen LogP contribution in [-0.2, 0) is 4.74 Å². The zero-order chi connectivity index (χ0) is 24.4. The number of hydrogen-bond acceptors (Lipinski definition) is 6. The average Bonchev–Trinajstić information content (AvgIpc) is 2.91. The molecule has 3 aliphatic heterocycles. The molecule has 0 aliphatic carbocycles. The second-order valence-corrected chi connectivity index (χ2v) is 9.55. The maximum atomic E-state index is 13.6. The molecule has 6 rings (SSSR count). The van der Waals surface area contributed by atoms with Crippen molar-refractivity contribution in [3.8, 4) is 11.5 Å². The minimum absolute atomic E-state index is 0.122. The number of methoxy groups -OCH3 is 1. The minimum atomic E-state index is -0.421. The smallest absolute Gasteiger partial charge is 0.342 e. The SMILES string of the molecule is CCOc1ccccc1C(=O)O[C@H](c1ccnc2ccc(OC)cc12)[C@@H]1C[C@@H]2CCN1C[C@@H]2CC. The molecule has 5 atom stereocenters. The van der Waals surface area contributed by atoms with Gasteiger partial charge in [-0.25, -0.2) is 4.79 Å². The minimum Gasteiger partial charge on any atom is -0.497 e. The predicted octanol–water partition coefficient (Wildman–Crippen LogP) is 5.66. The first kappa shape index (κ1) is 23.6. The molecule has 0 saturated carbocycles. The Balaban J connectivity index is 1.56. The molecule has 0 radical (unpaired) electrons. The summed E-state index contributed by atoms with van der Waals surface area (Å²) in [6.45, 7) is 6.78. The van der Waals surface area contributed by atoms with Crippen LogP contribution in [0.25, 0.3) is 10.9 Å². The quantitative estimate of drug-likeness (QED) is 0.393. The van der Waals surface area contributed by atoms with Crippen molar-refractivity contribution in [2.24, 2.45) is 11.8 Å². The first-order valence-electron chi connectivity index (χ1n) is 12.7. The van der Waals surface area contributed by atoms with E-state index in [1.54, 1.807) is 13.2 Å². The number of carbonyl (C=O) groups is 1. The molecule has 2 bridgehead atoms. The standard InChI is InChI=1S/C29H34N2O4/c1-4-19-18-31-15-13-20(19)16-26(31)28(35-29(32)23-8-6-7-9-27(23)34-5-2)22-12-14-30-25-11-10-21(33-3)17-24(22)25/h6-12,14,17,19-20,26,28H,4-5,13,15-16,18H2,1-3H3/t19-,20-,26-,28+/m0/s1. The molecule has 0 amide bonds. The van der Waals surface area contributed by atoms with Crippen LogP contribution in [0.15, 0.2) is 54.7 Å². The van der Waals surface area contributed by atoms with Crippen molar-refractivity contribution in [2.75, 3.05) is 26.8 Å². The number of aromatic nitrogens is 1. The van der Waals surface area contributed by atoms with Crippen LogP contribution in [-0.4, -0.2) is 48.7 Å². The van der Waals surface area contributed by atoms with E-state index in [-0.39, 0.29) is 12.0 Å². The fourth-order valence-corrected chi connectivity index (χ4v) is 5.92. The van der Waals surface area contributed by atoms with Crippen LogP contribution in [0.3, 0.4) is 0 Å². The number of benzene rings is 2. The lowest BCUT2D eigenvalue weighted by molar-refractivity contribution is -0.0660. The first-order valence-corrected chi connectivity index (χ1v) is 12.7. The van der Waals surface area contributed by atoms with Gasteiger partial charge in [-0.1, -0.05) is 25.5 Å². The van der Waals surface area contributed by atoms with E-state index in [0.29, 0.717) is 29.8 Å². The van der Waals surface area contributed by atoms with Crippen LogP contribution in [0.4, 0.5) is 0 Å². The van der Waals surface area contributed by atoms with Crippen molar-refractivity contribution < 1.29 is 19.0 Å². The predicted molar refractivity (Wildman–Crippen MR) is 136 cm³/mol. The van der Waals surface area contributed by atoms with Crippen molar-refractivity contribution in [3.05, 3.63) is 65.9 Å². The molecule has 184 valence electrons.